The second kappa shape index (κ2) is 8.04. The molecule has 4 nitrogen and oxygen atoms in total. The van der Waals surface area contributed by atoms with Gasteiger partial charge in [0.05, 0.1) is 6.61 Å². The maximum atomic E-state index is 5.70. The zero-order valence-electron chi connectivity index (χ0n) is 12.2. The summed E-state index contributed by atoms with van der Waals surface area (Å²) in [6.07, 6.45) is 0.965. The molecular formula is C17H21NO3. The van der Waals surface area contributed by atoms with Crippen molar-refractivity contribution in [2.45, 2.75) is 13.3 Å². The summed E-state index contributed by atoms with van der Waals surface area (Å²) in [5.41, 5.74) is 6.38. The van der Waals surface area contributed by atoms with Crippen molar-refractivity contribution in [1.29, 1.82) is 0 Å². The van der Waals surface area contributed by atoms with Crippen LogP contribution < -0.4 is 19.9 Å². The van der Waals surface area contributed by atoms with Crippen molar-refractivity contribution < 1.29 is 14.2 Å². The number of para-hydroxylation sites is 2. The van der Waals surface area contributed by atoms with Crippen LogP contribution in [-0.2, 0) is 0 Å². The molecule has 0 unspecified atom stereocenters. The first kappa shape index (κ1) is 15.0. The van der Waals surface area contributed by atoms with Gasteiger partial charge in [-0.25, -0.2) is 0 Å². The predicted octanol–water partition coefficient (Wildman–Crippen LogP) is 3.52. The van der Waals surface area contributed by atoms with Gasteiger partial charge in [-0.15, -0.1) is 0 Å². The molecule has 112 valence electrons. The van der Waals surface area contributed by atoms with E-state index < -0.39 is 0 Å². The summed E-state index contributed by atoms with van der Waals surface area (Å²) in [6, 6.07) is 15.0. The maximum Gasteiger partial charge on any atom is 0.161 e. The number of rotatable bonds is 8. The second-order valence-corrected chi connectivity index (χ2v) is 4.56. The minimum atomic E-state index is 0.446. The van der Waals surface area contributed by atoms with E-state index in [4.69, 9.17) is 19.9 Å². The van der Waals surface area contributed by atoms with Gasteiger partial charge in [-0.2, -0.15) is 0 Å². The Morgan fingerprint density at radius 1 is 0.810 bits per heavy atom. The lowest BCUT2D eigenvalue weighted by atomic mass is 10.3. The number of hydrogen-bond acceptors (Lipinski definition) is 4. The van der Waals surface area contributed by atoms with Gasteiger partial charge in [-0.1, -0.05) is 25.1 Å². The normalized spacial score (nSPS) is 10.1. The number of nitrogen functional groups attached to an aromatic ring is 1. The van der Waals surface area contributed by atoms with Gasteiger partial charge in [0.25, 0.3) is 0 Å². The smallest absolute Gasteiger partial charge is 0.161 e. The average molecular weight is 287 g/mol. The lowest BCUT2D eigenvalue weighted by Crippen LogP contribution is -2.10. The molecule has 21 heavy (non-hydrogen) atoms. The summed E-state index contributed by atoms with van der Waals surface area (Å²) in [6.45, 7) is 3.65. The van der Waals surface area contributed by atoms with Gasteiger partial charge in [0, 0.05) is 11.8 Å². The van der Waals surface area contributed by atoms with Crippen LogP contribution in [0, 0.1) is 0 Å². The Kier molecular flexibility index (Phi) is 5.76. The molecule has 0 atom stereocenters. The standard InChI is InChI=1S/C17H21NO3/c1-2-10-20-16-8-3-4-9-17(16)21-12-11-19-15-7-5-6-14(18)13-15/h3-9,13H,2,10-12,18H2,1H3. The van der Waals surface area contributed by atoms with Gasteiger partial charge in [0.1, 0.15) is 19.0 Å². The molecule has 0 aliphatic rings. The lowest BCUT2D eigenvalue weighted by molar-refractivity contribution is 0.207. The first-order valence-corrected chi connectivity index (χ1v) is 7.12. The van der Waals surface area contributed by atoms with Crippen LogP contribution in [0.3, 0.4) is 0 Å². The highest BCUT2D eigenvalue weighted by Gasteiger charge is 2.03. The van der Waals surface area contributed by atoms with E-state index in [0.717, 1.165) is 23.7 Å². The molecule has 0 radical (unpaired) electrons. The van der Waals surface area contributed by atoms with Crippen LogP contribution in [0.4, 0.5) is 5.69 Å². The van der Waals surface area contributed by atoms with Crippen molar-refractivity contribution in [2.24, 2.45) is 0 Å². The van der Waals surface area contributed by atoms with Crippen molar-refractivity contribution >= 4 is 5.69 Å². The fraction of sp³-hybridized carbons (Fsp3) is 0.294. The molecule has 0 aliphatic heterocycles. The van der Waals surface area contributed by atoms with E-state index >= 15 is 0 Å². The summed E-state index contributed by atoms with van der Waals surface area (Å²) in [5, 5.41) is 0. The van der Waals surface area contributed by atoms with Crippen molar-refractivity contribution in [3.05, 3.63) is 48.5 Å². The van der Waals surface area contributed by atoms with Crippen LogP contribution in [0.5, 0.6) is 17.2 Å². The Bertz CT molecular complexity index is 557. The molecule has 0 amide bonds. The Morgan fingerprint density at radius 3 is 2.14 bits per heavy atom. The van der Waals surface area contributed by atoms with Crippen LogP contribution in [-0.4, -0.2) is 19.8 Å². The second-order valence-electron chi connectivity index (χ2n) is 4.56. The van der Waals surface area contributed by atoms with Crippen molar-refractivity contribution in [3.63, 3.8) is 0 Å². The Hall–Kier alpha value is -2.36. The van der Waals surface area contributed by atoms with E-state index in [9.17, 15) is 0 Å². The van der Waals surface area contributed by atoms with Crippen LogP contribution in [0.25, 0.3) is 0 Å². The monoisotopic (exact) mass is 287 g/mol. The lowest BCUT2D eigenvalue weighted by Gasteiger charge is -2.12. The fourth-order valence-electron chi connectivity index (χ4n) is 1.82. The summed E-state index contributed by atoms with van der Waals surface area (Å²) in [4.78, 5) is 0. The fourth-order valence-corrected chi connectivity index (χ4v) is 1.82. The molecule has 0 saturated carbocycles. The van der Waals surface area contributed by atoms with Gasteiger partial charge in [-0.3, -0.25) is 0 Å². The minimum absolute atomic E-state index is 0.446. The third kappa shape index (κ3) is 4.91. The van der Waals surface area contributed by atoms with Crippen molar-refractivity contribution in [1.82, 2.24) is 0 Å². The molecule has 0 aromatic heterocycles. The van der Waals surface area contributed by atoms with Crippen LogP contribution in [0.1, 0.15) is 13.3 Å². The summed E-state index contributed by atoms with van der Waals surface area (Å²) >= 11 is 0. The number of hydrogen-bond donors (Lipinski definition) is 1. The van der Waals surface area contributed by atoms with Gasteiger partial charge in [-0.05, 0) is 30.7 Å². The van der Waals surface area contributed by atoms with E-state index in [2.05, 4.69) is 6.92 Å². The third-order valence-corrected chi connectivity index (χ3v) is 2.78. The first-order chi connectivity index (χ1) is 10.3. The van der Waals surface area contributed by atoms with Crippen molar-refractivity contribution in [3.8, 4) is 17.2 Å². The summed E-state index contributed by atoms with van der Waals surface area (Å²) < 4.78 is 16.9. The molecule has 2 aromatic rings. The molecule has 4 heteroatoms. The molecule has 2 aromatic carbocycles. The largest absolute Gasteiger partial charge is 0.490 e. The Morgan fingerprint density at radius 2 is 1.48 bits per heavy atom. The molecule has 0 spiro atoms. The molecule has 2 rings (SSSR count). The molecule has 0 saturated heterocycles. The minimum Gasteiger partial charge on any atom is -0.490 e. The van der Waals surface area contributed by atoms with Gasteiger partial charge >= 0.3 is 0 Å². The molecule has 0 heterocycles. The van der Waals surface area contributed by atoms with Gasteiger partial charge in [0.15, 0.2) is 11.5 Å². The summed E-state index contributed by atoms with van der Waals surface area (Å²) in [7, 11) is 0. The quantitative estimate of drug-likeness (QED) is 0.596. The molecule has 0 aliphatic carbocycles. The topological polar surface area (TPSA) is 53.7 Å². The molecular weight excluding hydrogens is 266 g/mol. The van der Waals surface area contributed by atoms with Crippen molar-refractivity contribution in [2.75, 3.05) is 25.6 Å². The number of anilines is 1. The predicted molar refractivity (Wildman–Crippen MR) is 84.1 cm³/mol. The zero-order chi connectivity index (χ0) is 14.9. The van der Waals surface area contributed by atoms with Crippen LogP contribution >= 0.6 is 0 Å². The van der Waals surface area contributed by atoms with Gasteiger partial charge in [0.2, 0.25) is 0 Å². The van der Waals surface area contributed by atoms with E-state index in [1.165, 1.54) is 0 Å². The Labute approximate surface area is 125 Å². The average Bonchev–Trinajstić information content (AvgIpc) is 2.50. The van der Waals surface area contributed by atoms with E-state index in [-0.39, 0.29) is 0 Å². The van der Waals surface area contributed by atoms with E-state index in [1.807, 2.05) is 42.5 Å². The van der Waals surface area contributed by atoms with Gasteiger partial charge < -0.3 is 19.9 Å². The van der Waals surface area contributed by atoms with E-state index in [0.29, 0.717) is 25.5 Å². The Balaban J connectivity index is 1.80. The van der Waals surface area contributed by atoms with Crippen LogP contribution in [0.2, 0.25) is 0 Å². The third-order valence-electron chi connectivity index (χ3n) is 2.78. The highest BCUT2D eigenvalue weighted by molar-refractivity contribution is 5.43. The molecule has 0 bridgehead atoms. The molecule has 0 fully saturated rings. The van der Waals surface area contributed by atoms with Crippen LogP contribution in [0.15, 0.2) is 48.5 Å². The van der Waals surface area contributed by atoms with E-state index in [1.54, 1.807) is 6.07 Å². The number of benzene rings is 2. The zero-order valence-corrected chi connectivity index (χ0v) is 12.2. The summed E-state index contributed by atoms with van der Waals surface area (Å²) in [5.74, 6) is 2.25. The first-order valence-electron chi connectivity index (χ1n) is 7.12. The maximum absolute atomic E-state index is 5.70. The highest BCUT2D eigenvalue weighted by atomic mass is 16.5. The SMILES string of the molecule is CCCOc1ccccc1OCCOc1cccc(N)c1. The number of ether oxygens (including phenoxy) is 3. The highest BCUT2D eigenvalue weighted by Crippen LogP contribution is 2.26. The molecule has 2 N–H and O–H groups in total. The number of nitrogens with two attached hydrogens (primary N) is 1.